The van der Waals surface area contributed by atoms with Crippen molar-refractivity contribution in [2.24, 2.45) is 5.73 Å². The van der Waals surface area contributed by atoms with Crippen molar-refractivity contribution in [3.05, 3.63) is 23.8 Å². The second-order valence-corrected chi connectivity index (χ2v) is 4.50. The van der Waals surface area contributed by atoms with Gasteiger partial charge in [-0.05, 0) is 44.5 Å². The van der Waals surface area contributed by atoms with Gasteiger partial charge in [-0.1, -0.05) is 0 Å². The molecule has 0 aliphatic heterocycles. The molecule has 0 fully saturated rings. The van der Waals surface area contributed by atoms with E-state index in [-0.39, 0.29) is 5.54 Å². The zero-order valence-electron chi connectivity index (χ0n) is 9.09. The summed E-state index contributed by atoms with van der Waals surface area (Å²) in [6.07, 6.45) is 0. The van der Waals surface area contributed by atoms with Gasteiger partial charge in [0, 0.05) is 23.5 Å². The average Bonchev–Trinajstić information content (AvgIpc) is 2.06. The minimum absolute atomic E-state index is 0.0417. The Kier molecular flexibility index (Phi) is 3.01. The maximum Gasteiger partial charge on any atom is 0.0391 e. The van der Waals surface area contributed by atoms with Gasteiger partial charge in [-0.15, -0.1) is 0 Å². The Hall–Kier alpha value is -1.22. The molecule has 0 amide bonds. The maximum atomic E-state index is 5.68. The van der Waals surface area contributed by atoms with Crippen LogP contribution in [0.15, 0.2) is 18.2 Å². The molecule has 0 aliphatic carbocycles. The number of anilines is 2. The number of nitrogens with one attached hydrogen (secondary N) is 1. The lowest BCUT2D eigenvalue weighted by atomic mass is 10.1. The lowest BCUT2D eigenvalue weighted by molar-refractivity contribution is 0.633. The maximum absolute atomic E-state index is 5.68. The zero-order valence-corrected chi connectivity index (χ0v) is 9.09. The third kappa shape index (κ3) is 2.92. The molecule has 1 rings (SSSR count). The number of hydrogen-bond acceptors (Lipinski definition) is 3. The summed E-state index contributed by atoms with van der Waals surface area (Å²) >= 11 is 0. The van der Waals surface area contributed by atoms with Gasteiger partial charge >= 0.3 is 0 Å². The predicted octanol–water partition coefficient (Wildman–Crippen LogP) is 1.94. The summed E-state index contributed by atoms with van der Waals surface area (Å²) < 4.78 is 0. The van der Waals surface area contributed by atoms with Crippen molar-refractivity contribution in [3.63, 3.8) is 0 Å². The van der Waals surface area contributed by atoms with Crippen LogP contribution in [-0.4, -0.2) is 5.54 Å². The number of benzene rings is 1. The molecule has 1 aromatic carbocycles. The van der Waals surface area contributed by atoms with Gasteiger partial charge < -0.3 is 16.8 Å². The molecule has 0 saturated heterocycles. The first-order valence-corrected chi connectivity index (χ1v) is 4.79. The van der Waals surface area contributed by atoms with Crippen LogP contribution in [0.4, 0.5) is 11.4 Å². The summed E-state index contributed by atoms with van der Waals surface area (Å²) in [6, 6.07) is 5.77. The highest BCUT2D eigenvalue weighted by Gasteiger charge is 2.11. The van der Waals surface area contributed by atoms with Gasteiger partial charge in [0.2, 0.25) is 0 Å². The molecule has 0 aromatic heterocycles. The molecule has 0 radical (unpaired) electrons. The minimum Gasteiger partial charge on any atom is -0.399 e. The third-order valence-corrected chi connectivity index (χ3v) is 1.86. The van der Waals surface area contributed by atoms with E-state index in [1.165, 1.54) is 0 Å². The van der Waals surface area contributed by atoms with E-state index in [4.69, 9.17) is 11.5 Å². The lowest BCUT2D eigenvalue weighted by Gasteiger charge is -2.24. The van der Waals surface area contributed by atoms with Crippen LogP contribution < -0.4 is 16.8 Å². The van der Waals surface area contributed by atoms with Crippen molar-refractivity contribution >= 4 is 11.4 Å². The molecule has 0 spiro atoms. The molecule has 5 N–H and O–H groups in total. The topological polar surface area (TPSA) is 64.1 Å². The Morgan fingerprint density at radius 3 is 2.43 bits per heavy atom. The molecule has 0 saturated carbocycles. The van der Waals surface area contributed by atoms with E-state index in [0.29, 0.717) is 6.54 Å². The van der Waals surface area contributed by atoms with E-state index in [2.05, 4.69) is 26.1 Å². The van der Waals surface area contributed by atoms with Crippen LogP contribution in [0.1, 0.15) is 26.3 Å². The second-order valence-electron chi connectivity index (χ2n) is 4.50. The Balaban J connectivity index is 2.97. The highest BCUT2D eigenvalue weighted by atomic mass is 15.0. The average molecular weight is 193 g/mol. The summed E-state index contributed by atoms with van der Waals surface area (Å²) in [6.45, 7) is 6.85. The standard InChI is InChI=1S/C11H19N3/c1-11(2,3)14-10-5-4-9(13)6-8(10)7-12/h4-6,14H,7,12-13H2,1-3H3. The van der Waals surface area contributed by atoms with Crippen molar-refractivity contribution in [3.8, 4) is 0 Å². The first kappa shape index (κ1) is 10.9. The molecule has 3 nitrogen and oxygen atoms in total. The van der Waals surface area contributed by atoms with Crippen molar-refractivity contribution < 1.29 is 0 Å². The Morgan fingerprint density at radius 1 is 1.29 bits per heavy atom. The molecule has 3 heteroatoms. The predicted molar refractivity (Wildman–Crippen MR) is 62.1 cm³/mol. The van der Waals surface area contributed by atoms with Crippen molar-refractivity contribution in [2.75, 3.05) is 11.1 Å². The highest BCUT2D eigenvalue weighted by Crippen LogP contribution is 2.21. The highest BCUT2D eigenvalue weighted by molar-refractivity contribution is 5.58. The number of nitrogen functional groups attached to an aromatic ring is 1. The molecular weight excluding hydrogens is 174 g/mol. The fourth-order valence-electron chi connectivity index (χ4n) is 1.31. The van der Waals surface area contributed by atoms with Crippen LogP contribution in [0, 0.1) is 0 Å². The summed E-state index contributed by atoms with van der Waals surface area (Å²) in [5.41, 5.74) is 14.2. The molecule has 0 bridgehead atoms. The SMILES string of the molecule is CC(C)(C)Nc1ccc(N)cc1CN. The third-order valence-electron chi connectivity index (χ3n) is 1.86. The summed E-state index contributed by atoms with van der Waals surface area (Å²) in [5, 5.41) is 3.39. The van der Waals surface area contributed by atoms with E-state index >= 15 is 0 Å². The van der Waals surface area contributed by atoms with Gasteiger partial charge in [0.1, 0.15) is 0 Å². The lowest BCUT2D eigenvalue weighted by Crippen LogP contribution is -2.27. The van der Waals surface area contributed by atoms with Crippen LogP contribution in [0.5, 0.6) is 0 Å². The van der Waals surface area contributed by atoms with Gasteiger partial charge in [0.15, 0.2) is 0 Å². The molecular formula is C11H19N3. The summed E-state index contributed by atoms with van der Waals surface area (Å²) in [5.74, 6) is 0. The quantitative estimate of drug-likeness (QED) is 0.629. The van der Waals surface area contributed by atoms with Gasteiger partial charge in [0.05, 0.1) is 0 Å². The van der Waals surface area contributed by atoms with E-state index in [9.17, 15) is 0 Å². The molecule has 78 valence electrons. The molecule has 0 unspecified atom stereocenters. The molecule has 14 heavy (non-hydrogen) atoms. The monoisotopic (exact) mass is 193 g/mol. The van der Waals surface area contributed by atoms with E-state index < -0.39 is 0 Å². The van der Waals surface area contributed by atoms with E-state index in [1.54, 1.807) is 0 Å². The normalized spacial score (nSPS) is 11.4. The largest absolute Gasteiger partial charge is 0.399 e. The molecule has 1 aromatic rings. The van der Waals surface area contributed by atoms with Gasteiger partial charge in [-0.25, -0.2) is 0 Å². The molecule has 0 aliphatic rings. The van der Waals surface area contributed by atoms with Crippen LogP contribution in [0.2, 0.25) is 0 Å². The van der Waals surface area contributed by atoms with Crippen molar-refractivity contribution in [2.45, 2.75) is 32.9 Å². The van der Waals surface area contributed by atoms with Crippen LogP contribution >= 0.6 is 0 Å². The smallest absolute Gasteiger partial charge is 0.0391 e. The van der Waals surface area contributed by atoms with E-state index in [0.717, 1.165) is 16.9 Å². The summed E-state index contributed by atoms with van der Waals surface area (Å²) in [7, 11) is 0. The van der Waals surface area contributed by atoms with Gasteiger partial charge in [0.25, 0.3) is 0 Å². The van der Waals surface area contributed by atoms with Crippen molar-refractivity contribution in [1.29, 1.82) is 0 Å². The Bertz CT molecular complexity index is 313. The van der Waals surface area contributed by atoms with Crippen LogP contribution in [-0.2, 0) is 6.54 Å². The fraction of sp³-hybridized carbons (Fsp3) is 0.455. The Morgan fingerprint density at radius 2 is 1.93 bits per heavy atom. The van der Waals surface area contributed by atoms with Crippen LogP contribution in [0.25, 0.3) is 0 Å². The molecule has 0 atom stereocenters. The second kappa shape index (κ2) is 3.88. The van der Waals surface area contributed by atoms with Crippen molar-refractivity contribution in [1.82, 2.24) is 0 Å². The fourth-order valence-corrected chi connectivity index (χ4v) is 1.31. The minimum atomic E-state index is 0.0417. The van der Waals surface area contributed by atoms with Gasteiger partial charge in [-0.2, -0.15) is 0 Å². The van der Waals surface area contributed by atoms with Crippen LogP contribution in [0.3, 0.4) is 0 Å². The first-order chi connectivity index (χ1) is 6.42. The summed E-state index contributed by atoms with van der Waals surface area (Å²) in [4.78, 5) is 0. The zero-order chi connectivity index (χ0) is 10.8. The number of hydrogen-bond donors (Lipinski definition) is 3. The Labute approximate surface area is 85.5 Å². The van der Waals surface area contributed by atoms with Gasteiger partial charge in [-0.3, -0.25) is 0 Å². The number of rotatable bonds is 2. The first-order valence-electron chi connectivity index (χ1n) is 4.79. The number of nitrogens with two attached hydrogens (primary N) is 2. The van der Waals surface area contributed by atoms with E-state index in [1.807, 2.05) is 18.2 Å². The molecule has 0 heterocycles.